The predicted molar refractivity (Wildman–Crippen MR) is 77.4 cm³/mol. The zero-order valence-electron chi connectivity index (χ0n) is 9.95. The molecule has 19 heavy (non-hydrogen) atoms. The molecule has 0 bridgehead atoms. The Kier molecular flexibility index (Phi) is 3.08. The summed E-state index contributed by atoms with van der Waals surface area (Å²) >= 11 is 7.49. The average molecular weight is 294 g/mol. The molecular weight excluding hydrogens is 285 g/mol. The van der Waals surface area contributed by atoms with Crippen molar-refractivity contribution in [1.82, 2.24) is 9.97 Å². The Morgan fingerprint density at radius 3 is 2.79 bits per heavy atom. The van der Waals surface area contributed by atoms with E-state index in [1.807, 2.05) is 25.2 Å². The minimum Gasteiger partial charge on any atom is -0.387 e. The first-order valence-corrected chi connectivity index (χ1v) is 6.77. The lowest BCUT2D eigenvalue weighted by molar-refractivity contribution is 0.589. The van der Waals surface area contributed by atoms with Crippen molar-refractivity contribution < 1.29 is 4.39 Å². The van der Waals surface area contributed by atoms with E-state index in [1.165, 1.54) is 17.4 Å². The third-order valence-electron chi connectivity index (χ3n) is 2.71. The van der Waals surface area contributed by atoms with Crippen LogP contribution in [0.5, 0.6) is 0 Å². The minimum absolute atomic E-state index is 0.494. The lowest BCUT2D eigenvalue weighted by Gasteiger charge is -2.04. The zero-order chi connectivity index (χ0) is 13.4. The fourth-order valence-corrected chi connectivity index (χ4v) is 2.97. The first-order chi connectivity index (χ1) is 9.17. The molecule has 0 radical (unpaired) electrons. The van der Waals surface area contributed by atoms with Gasteiger partial charge >= 0.3 is 0 Å². The van der Waals surface area contributed by atoms with E-state index in [-0.39, 0.29) is 0 Å². The Balaban J connectivity index is 2.11. The lowest BCUT2D eigenvalue weighted by Crippen LogP contribution is -1.88. The van der Waals surface area contributed by atoms with Gasteiger partial charge in [-0.05, 0) is 30.3 Å². The molecule has 2 heterocycles. The number of aromatic nitrogens is 2. The van der Waals surface area contributed by atoms with Crippen LogP contribution < -0.4 is 5.32 Å². The van der Waals surface area contributed by atoms with E-state index < -0.39 is 5.95 Å². The summed E-state index contributed by atoms with van der Waals surface area (Å²) < 4.78 is 13.0. The van der Waals surface area contributed by atoms with Crippen molar-refractivity contribution in [3.8, 4) is 10.6 Å². The normalized spacial score (nSPS) is 10.9. The molecule has 0 saturated heterocycles. The van der Waals surface area contributed by atoms with Crippen molar-refractivity contribution in [2.24, 2.45) is 0 Å². The van der Waals surface area contributed by atoms with Crippen LogP contribution in [0.2, 0.25) is 5.02 Å². The predicted octanol–water partition coefficient (Wildman–Crippen LogP) is 4.19. The van der Waals surface area contributed by atoms with Gasteiger partial charge in [0.05, 0.1) is 10.7 Å². The second-order valence-corrected chi connectivity index (χ2v) is 5.31. The van der Waals surface area contributed by atoms with E-state index in [2.05, 4.69) is 15.3 Å². The van der Waals surface area contributed by atoms with Gasteiger partial charge in [-0.15, -0.1) is 0 Å². The van der Waals surface area contributed by atoms with Crippen LogP contribution in [0.1, 0.15) is 0 Å². The summed E-state index contributed by atoms with van der Waals surface area (Å²) in [6.07, 6.45) is 0. The summed E-state index contributed by atoms with van der Waals surface area (Å²) in [6.45, 7) is 0. The van der Waals surface area contributed by atoms with Gasteiger partial charge in [0.2, 0.25) is 5.95 Å². The minimum atomic E-state index is -0.494. The molecule has 0 fully saturated rings. The van der Waals surface area contributed by atoms with Gasteiger partial charge in [-0.3, -0.25) is 0 Å². The molecule has 0 atom stereocenters. The van der Waals surface area contributed by atoms with E-state index in [9.17, 15) is 4.39 Å². The van der Waals surface area contributed by atoms with Gasteiger partial charge in [0.1, 0.15) is 15.4 Å². The monoisotopic (exact) mass is 293 g/mol. The van der Waals surface area contributed by atoms with Crippen LogP contribution in [0.15, 0.2) is 30.3 Å². The molecule has 2 aromatic heterocycles. The Morgan fingerprint density at radius 2 is 2.05 bits per heavy atom. The van der Waals surface area contributed by atoms with Gasteiger partial charge < -0.3 is 5.32 Å². The molecule has 0 aliphatic heterocycles. The number of benzene rings is 1. The molecule has 1 N–H and O–H groups in total. The summed E-state index contributed by atoms with van der Waals surface area (Å²) in [5, 5.41) is 4.40. The Morgan fingerprint density at radius 1 is 1.21 bits per heavy atom. The van der Waals surface area contributed by atoms with Crippen LogP contribution in [-0.2, 0) is 0 Å². The fourth-order valence-electron chi connectivity index (χ4n) is 1.77. The number of nitrogens with one attached hydrogen (secondary N) is 1. The van der Waals surface area contributed by atoms with Crippen molar-refractivity contribution >= 4 is 39.0 Å². The van der Waals surface area contributed by atoms with Crippen LogP contribution in [-0.4, -0.2) is 17.0 Å². The van der Waals surface area contributed by atoms with Gasteiger partial charge in [0.25, 0.3) is 0 Å². The standard InChI is InChI=1S/C13H9ClFN3S/c1-16-9-3-2-7(6-8(9)14)12-17-10-4-5-11(15)18-13(10)19-12/h2-6,16H,1H3. The van der Waals surface area contributed by atoms with Crippen molar-refractivity contribution in [1.29, 1.82) is 0 Å². The van der Waals surface area contributed by atoms with E-state index >= 15 is 0 Å². The van der Waals surface area contributed by atoms with Gasteiger partial charge in [-0.2, -0.15) is 4.39 Å². The zero-order valence-corrected chi connectivity index (χ0v) is 11.5. The topological polar surface area (TPSA) is 37.8 Å². The van der Waals surface area contributed by atoms with Crippen LogP contribution >= 0.6 is 22.9 Å². The van der Waals surface area contributed by atoms with E-state index in [1.54, 1.807) is 6.07 Å². The number of thiazole rings is 1. The maximum Gasteiger partial charge on any atom is 0.214 e. The summed E-state index contributed by atoms with van der Waals surface area (Å²) in [6, 6.07) is 8.58. The number of halogens is 2. The van der Waals surface area contributed by atoms with Crippen LogP contribution in [0.3, 0.4) is 0 Å². The summed E-state index contributed by atoms with van der Waals surface area (Å²) in [7, 11) is 1.81. The average Bonchev–Trinajstić information content (AvgIpc) is 2.81. The molecule has 3 aromatic rings. The van der Waals surface area contributed by atoms with Crippen molar-refractivity contribution in [2.75, 3.05) is 12.4 Å². The highest BCUT2D eigenvalue weighted by atomic mass is 35.5. The summed E-state index contributed by atoms with van der Waals surface area (Å²) in [4.78, 5) is 8.84. The molecule has 1 aromatic carbocycles. The second-order valence-electron chi connectivity index (χ2n) is 3.92. The van der Waals surface area contributed by atoms with Gasteiger partial charge in [-0.1, -0.05) is 22.9 Å². The first kappa shape index (κ1) is 12.3. The van der Waals surface area contributed by atoms with Crippen molar-refractivity contribution in [3.63, 3.8) is 0 Å². The highest BCUT2D eigenvalue weighted by molar-refractivity contribution is 7.21. The third kappa shape index (κ3) is 2.27. The lowest BCUT2D eigenvalue weighted by atomic mass is 10.2. The van der Waals surface area contributed by atoms with Gasteiger partial charge in [0.15, 0.2) is 0 Å². The second kappa shape index (κ2) is 4.75. The molecule has 0 spiro atoms. The molecular formula is C13H9ClFN3S. The maximum absolute atomic E-state index is 13.0. The quantitative estimate of drug-likeness (QED) is 0.720. The molecule has 6 heteroatoms. The Labute approximate surface area is 118 Å². The molecule has 0 aliphatic carbocycles. The summed E-state index contributed by atoms with van der Waals surface area (Å²) in [5.74, 6) is -0.494. The van der Waals surface area contributed by atoms with Crippen LogP contribution in [0, 0.1) is 5.95 Å². The molecule has 0 amide bonds. The number of nitrogens with zero attached hydrogens (tertiary/aromatic N) is 2. The van der Waals surface area contributed by atoms with Crippen LogP contribution in [0.25, 0.3) is 20.9 Å². The molecule has 0 unspecified atom stereocenters. The SMILES string of the molecule is CNc1ccc(-c2nc3ccc(F)nc3s2)cc1Cl. The molecule has 3 rings (SSSR count). The fraction of sp³-hybridized carbons (Fsp3) is 0.0769. The van der Waals surface area contributed by atoms with E-state index in [4.69, 9.17) is 11.6 Å². The number of hydrogen-bond donors (Lipinski definition) is 1. The highest BCUT2D eigenvalue weighted by Gasteiger charge is 2.09. The molecule has 0 aliphatic rings. The Hall–Kier alpha value is -1.72. The Bertz CT molecular complexity index is 757. The number of rotatable bonds is 2. The number of pyridine rings is 1. The molecule has 0 saturated carbocycles. The number of anilines is 1. The third-order valence-corrected chi connectivity index (χ3v) is 4.03. The highest BCUT2D eigenvalue weighted by Crippen LogP contribution is 2.32. The number of hydrogen-bond acceptors (Lipinski definition) is 4. The molecule has 3 nitrogen and oxygen atoms in total. The van der Waals surface area contributed by atoms with Gasteiger partial charge in [-0.25, -0.2) is 9.97 Å². The summed E-state index contributed by atoms with van der Waals surface area (Å²) in [5.41, 5.74) is 2.44. The van der Waals surface area contributed by atoms with Crippen molar-refractivity contribution in [3.05, 3.63) is 41.3 Å². The van der Waals surface area contributed by atoms with Gasteiger partial charge in [0, 0.05) is 12.6 Å². The maximum atomic E-state index is 13.0. The first-order valence-electron chi connectivity index (χ1n) is 5.58. The van der Waals surface area contributed by atoms with Crippen LogP contribution in [0.4, 0.5) is 10.1 Å². The number of fused-ring (bicyclic) bond motifs is 1. The largest absolute Gasteiger partial charge is 0.387 e. The smallest absolute Gasteiger partial charge is 0.214 e. The van der Waals surface area contributed by atoms with E-state index in [0.717, 1.165) is 16.3 Å². The van der Waals surface area contributed by atoms with E-state index in [0.29, 0.717) is 15.4 Å². The van der Waals surface area contributed by atoms with Crippen molar-refractivity contribution in [2.45, 2.75) is 0 Å². The molecule has 96 valence electrons.